The van der Waals surface area contributed by atoms with Gasteiger partial charge in [0.1, 0.15) is 5.03 Å². The number of nitrogens with zero attached hydrogens (tertiary/aromatic N) is 2. The van der Waals surface area contributed by atoms with Gasteiger partial charge in [-0.1, -0.05) is 19.3 Å². The van der Waals surface area contributed by atoms with Gasteiger partial charge in [0.25, 0.3) is 0 Å². The lowest BCUT2D eigenvalue weighted by atomic mass is 9.96. The smallest absolute Gasteiger partial charge is 0.129 e. The molecule has 1 saturated carbocycles. The molecule has 1 aliphatic carbocycles. The van der Waals surface area contributed by atoms with Crippen LogP contribution in [0.5, 0.6) is 0 Å². The maximum Gasteiger partial charge on any atom is 0.129 e. The second-order valence-electron chi connectivity index (χ2n) is 3.60. The molecule has 0 spiro atoms. The highest BCUT2D eigenvalue weighted by Gasteiger charge is 2.12. The van der Waals surface area contributed by atoms with Crippen molar-refractivity contribution in [3.8, 4) is 0 Å². The number of nitrogens with one attached hydrogen (secondary N) is 1. The van der Waals surface area contributed by atoms with Gasteiger partial charge >= 0.3 is 0 Å². The summed E-state index contributed by atoms with van der Waals surface area (Å²) in [6.45, 7) is 0. The Morgan fingerprint density at radius 1 is 1.21 bits per heavy atom. The molecule has 3 nitrogen and oxygen atoms in total. The van der Waals surface area contributed by atoms with Gasteiger partial charge in [-0.05, 0) is 24.8 Å². The molecule has 2 rings (SSSR count). The Morgan fingerprint density at radius 2 is 2.07 bits per heavy atom. The zero-order chi connectivity index (χ0) is 9.64. The Balaban J connectivity index is 1.76. The molecule has 0 aromatic carbocycles. The fraction of sp³-hybridized carbons (Fsp3) is 0.600. The van der Waals surface area contributed by atoms with Crippen molar-refractivity contribution in [1.82, 2.24) is 14.7 Å². The van der Waals surface area contributed by atoms with Crippen LogP contribution in [0.2, 0.25) is 0 Å². The Labute approximate surface area is 88.9 Å². The van der Waals surface area contributed by atoms with Crippen LogP contribution in [0.25, 0.3) is 0 Å². The van der Waals surface area contributed by atoms with Crippen LogP contribution in [0.15, 0.2) is 23.6 Å². The largest absolute Gasteiger partial charge is 0.260 e. The molecule has 0 saturated heterocycles. The van der Waals surface area contributed by atoms with Crippen molar-refractivity contribution in [1.29, 1.82) is 0 Å². The first-order valence-electron chi connectivity index (χ1n) is 5.13. The van der Waals surface area contributed by atoms with Gasteiger partial charge in [-0.25, -0.2) is 4.98 Å². The fourth-order valence-electron chi connectivity index (χ4n) is 1.70. The second-order valence-corrected chi connectivity index (χ2v) is 4.46. The minimum Gasteiger partial charge on any atom is -0.260 e. The van der Waals surface area contributed by atoms with Crippen molar-refractivity contribution in [3.05, 3.63) is 18.6 Å². The third-order valence-corrected chi connectivity index (χ3v) is 3.35. The zero-order valence-corrected chi connectivity index (χ0v) is 8.96. The SMILES string of the molecule is c1cnc(SNC2CCCCC2)cn1. The molecule has 0 radical (unpaired) electrons. The summed E-state index contributed by atoms with van der Waals surface area (Å²) in [4.78, 5) is 8.23. The molecule has 1 aliphatic rings. The topological polar surface area (TPSA) is 37.8 Å². The van der Waals surface area contributed by atoms with Crippen molar-refractivity contribution < 1.29 is 0 Å². The Kier molecular flexibility index (Phi) is 3.77. The van der Waals surface area contributed by atoms with Crippen LogP contribution in [0.1, 0.15) is 32.1 Å². The number of hydrogen-bond donors (Lipinski definition) is 1. The van der Waals surface area contributed by atoms with Crippen LogP contribution in [-0.2, 0) is 0 Å². The van der Waals surface area contributed by atoms with E-state index in [9.17, 15) is 0 Å². The Bertz CT molecular complexity index is 259. The average molecular weight is 209 g/mol. The molecular formula is C10H15N3S. The summed E-state index contributed by atoms with van der Waals surface area (Å²) < 4.78 is 3.45. The van der Waals surface area contributed by atoms with E-state index >= 15 is 0 Å². The molecule has 1 fully saturated rings. The highest BCUT2D eigenvalue weighted by Crippen LogP contribution is 2.20. The van der Waals surface area contributed by atoms with Gasteiger partial charge in [0.05, 0.1) is 6.20 Å². The first-order valence-corrected chi connectivity index (χ1v) is 5.95. The van der Waals surface area contributed by atoms with Crippen LogP contribution in [0, 0.1) is 0 Å². The third kappa shape index (κ3) is 2.96. The van der Waals surface area contributed by atoms with Gasteiger partial charge in [0, 0.05) is 18.4 Å². The van der Waals surface area contributed by atoms with E-state index < -0.39 is 0 Å². The summed E-state index contributed by atoms with van der Waals surface area (Å²) in [5.41, 5.74) is 0. The van der Waals surface area contributed by atoms with Gasteiger partial charge in [0.15, 0.2) is 0 Å². The van der Waals surface area contributed by atoms with Crippen LogP contribution in [-0.4, -0.2) is 16.0 Å². The summed E-state index contributed by atoms with van der Waals surface area (Å²) in [6, 6.07) is 0.663. The first-order chi connectivity index (χ1) is 6.95. The maximum atomic E-state index is 4.20. The molecule has 0 bridgehead atoms. The van der Waals surface area contributed by atoms with E-state index in [0.29, 0.717) is 6.04 Å². The third-order valence-electron chi connectivity index (χ3n) is 2.47. The first kappa shape index (κ1) is 9.93. The van der Waals surface area contributed by atoms with Gasteiger partial charge in [-0.2, -0.15) is 0 Å². The average Bonchev–Trinajstić information content (AvgIpc) is 2.29. The minimum absolute atomic E-state index is 0.663. The predicted octanol–water partition coefficient (Wildman–Crippen LogP) is 2.41. The summed E-state index contributed by atoms with van der Waals surface area (Å²) in [7, 11) is 0. The van der Waals surface area contributed by atoms with Crippen molar-refractivity contribution in [2.45, 2.75) is 43.2 Å². The number of aromatic nitrogens is 2. The number of hydrogen-bond acceptors (Lipinski definition) is 4. The van der Waals surface area contributed by atoms with Crippen LogP contribution in [0.4, 0.5) is 0 Å². The molecule has 0 amide bonds. The molecular weight excluding hydrogens is 194 g/mol. The molecule has 14 heavy (non-hydrogen) atoms. The van der Waals surface area contributed by atoms with E-state index in [1.807, 2.05) is 0 Å². The summed E-state index contributed by atoms with van der Waals surface area (Å²) in [5.74, 6) is 0. The lowest BCUT2D eigenvalue weighted by Crippen LogP contribution is -2.25. The van der Waals surface area contributed by atoms with Gasteiger partial charge in [-0.3, -0.25) is 9.71 Å². The standard InChI is InChI=1S/C10H15N3S/c1-2-4-9(5-3-1)13-14-10-8-11-6-7-12-10/h6-9,13H,1-5H2. The molecule has 0 unspecified atom stereocenters. The van der Waals surface area contributed by atoms with Crippen LogP contribution >= 0.6 is 11.9 Å². The quantitative estimate of drug-likeness (QED) is 0.776. The lowest BCUT2D eigenvalue weighted by molar-refractivity contribution is 0.423. The van der Waals surface area contributed by atoms with Gasteiger partial charge < -0.3 is 0 Å². The highest BCUT2D eigenvalue weighted by molar-refractivity contribution is 7.97. The van der Waals surface area contributed by atoms with Crippen molar-refractivity contribution in [2.75, 3.05) is 0 Å². The Morgan fingerprint density at radius 3 is 2.79 bits per heavy atom. The van der Waals surface area contributed by atoms with Crippen LogP contribution < -0.4 is 4.72 Å². The fourth-order valence-corrected chi connectivity index (χ4v) is 2.45. The van der Waals surface area contributed by atoms with Crippen molar-refractivity contribution in [2.24, 2.45) is 0 Å². The van der Waals surface area contributed by atoms with E-state index in [2.05, 4.69) is 14.7 Å². The Hall–Kier alpha value is -0.610. The molecule has 0 atom stereocenters. The lowest BCUT2D eigenvalue weighted by Gasteiger charge is -2.21. The molecule has 76 valence electrons. The van der Waals surface area contributed by atoms with E-state index in [4.69, 9.17) is 0 Å². The summed E-state index contributed by atoms with van der Waals surface area (Å²) >= 11 is 1.60. The molecule has 1 aromatic rings. The summed E-state index contributed by atoms with van der Waals surface area (Å²) in [5, 5.41) is 0.957. The van der Waals surface area contributed by atoms with Crippen LogP contribution in [0.3, 0.4) is 0 Å². The second kappa shape index (κ2) is 5.32. The van der Waals surface area contributed by atoms with E-state index in [0.717, 1.165) is 5.03 Å². The highest BCUT2D eigenvalue weighted by atomic mass is 32.2. The zero-order valence-electron chi connectivity index (χ0n) is 8.15. The monoisotopic (exact) mass is 209 g/mol. The van der Waals surface area contributed by atoms with E-state index in [1.165, 1.54) is 32.1 Å². The maximum absolute atomic E-state index is 4.20. The van der Waals surface area contributed by atoms with Gasteiger partial charge in [-0.15, -0.1) is 0 Å². The minimum atomic E-state index is 0.663. The molecule has 0 aliphatic heterocycles. The predicted molar refractivity (Wildman–Crippen MR) is 57.9 cm³/mol. The molecule has 4 heteroatoms. The van der Waals surface area contributed by atoms with E-state index in [-0.39, 0.29) is 0 Å². The van der Waals surface area contributed by atoms with Crippen molar-refractivity contribution in [3.63, 3.8) is 0 Å². The normalized spacial score (nSPS) is 18.3. The molecule has 1 N–H and O–H groups in total. The molecule has 1 aromatic heterocycles. The van der Waals surface area contributed by atoms with Gasteiger partial charge in [0.2, 0.25) is 0 Å². The summed E-state index contributed by atoms with van der Waals surface area (Å²) in [6.07, 6.45) is 11.9. The molecule has 1 heterocycles. The van der Waals surface area contributed by atoms with Crippen molar-refractivity contribution >= 4 is 11.9 Å². The number of rotatable bonds is 3. The van der Waals surface area contributed by atoms with E-state index in [1.54, 1.807) is 30.5 Å².